The Morgan fingerprint density at radius 2 is 1.70 bits per heavy atom. The third-order valence-electron chi connectivity index (χ3n) is 3.41. The molecule has 0 N–H and O–H groups in total. The van der Waals surface area contributed by atoms with Gasteiger partial charge in [0, 0.05) is 19.2 Å². The standard InChI is InChI=1S/C18H19F2NO2/c1-18(2,23-15-10-8-14(19)9-11-15)17(22)21(3)12-13-6-4-5-7-16(13)20/h4-11H,12H2,1-3H3. The summed E-state index contributed by atoms with van der Waals surface area (Å²) in [5, 5.41) is 0. The summed E-state index contributed by atoms with van der Waals surface area (Å²) in [4.78, 5) is 14.0. The topological polar surface area (TPSA) is 29.5 Å². The molecule has 3 nitrogen and oxygen atoms in total. The van der Waals surface area contributed by atoms with Crippen molar-refractivity contribution in [3.63, 3.8) is 0 Å². The van der Waals surface area contributed by atoms with E-state index in [1.165, 1.54) is 35.2 Å². The van der Waals surface area contributed by atoms with Gasteiger partial charge in [0.25, 0.3) is 5.91 Å². The minimum Gasteiger partial charge on any atom is -0.478 e. The van der Waals surface area contributed by atoms with Gasteiger partial charge in [0.2, 0.25) is 0 Å². The molecule has 0 heterocycles. The van der Waals surface area contributed by atoms with Crippen LogP contribution in [0.15, 0.2) is 48.5 Å². The van der Waals surface area contributed by atoms with E-state index in [0.29, 0.717) is 11.3 Å². The second-order valence-corrected chi connectivity index (χ2v) is 5.82. The highest BCUT2D eigenvalue weighted by Crippen LogP contribution is 2.21. The molecule has 0 fully saturated rings. The van der Waals surface area contributed by atoms with E-state index in [-0.39, 0.29) is 24.1 Å². The van der Waals surface area contributed by atoms with Crippen LogP contribution in [0.3, 0.4) is 0 Å². The molecule has 0 radical (unpaired) electrons. The van der Waals surface area contributed by atoms with Gasteiger partial charge in [-0.15, -0.1) is 0 Å². The first kappa shape index (κ1) is 16.9. The molecule has 2 aromatic carbocycles. The van der Waals surface area contributed by atoms with E-state index in [2.05, 4.69) is 0 Å². The fraction of sp³-hybridized carbons (Fsp3) is 0.278. The molecule has 0 aromatic heterocycles. The molecule has 0 saturated carbocycles. The van der Waals surface area contributed by atoms with E-state index in [0.717, 1.165) is 0 Å². The Morgan fingerprint density at radius 3 is 2.30 bits per heavy atom. The highest BCUT2D eigenvalue weighted by atomic mass is 19.1. The number of likely N-dealkylation sites (N-methyl/N-ethyl adjacent to an activating group) is 1. The van der Waals surface area contributed by atoms with Crippen molar-refractivity contribution in [3.8, 4) is 5.75 Å². The van der Waals surface area contributed by atoms with Crippen molar-refractivity contribution >= 4 is 5.91 Å². The number of amides is 1. The number of hydrogen-bond donors (Lipinski definition) is 0. The summed E-state index contributed by atoms with van der Waals surface area (Å²) >= 11 is 0. The predicted molar refractivity (Wildman–Crippen MR) is 84.0 cm³/mol. The van der Waals surface area contributed by atoms with Gasteiger partial charge < -0.3 is 9.64 Å². The molecule has 0 aliphatic rings. The van der Waals surface area contributed by atoms with Gasteiger partial charge in [-0.3, -0.25) is 4.79 Å². The Kier molecular flexibility index (Phi) is 4.98. The number of halogens is 2. The first-order chi connectivity index (χ1) is 10.8. The van der Waals surface area contributed by atoms with Crippen LogP contribution in [0.4, 0.5) is 8.78 Å². The molecule has 122 valence electrons. The van der Waals surface area contributed by atoms with Crippen molar-refractivity contribution in [3.05, 3.63) is 65.7 Å². The molecule has 0 aliphatic heterocycles. The molecule has 23 heavy (non-hydrogen) atoms. The zero-order chi connectivity index (χ0) is 17.0. The maximum atomic E-state index is 13.7. The van der Waals surface area contributed by atoms with E-state index >= 15 is 0 Å². The van der Waals surface area contributed by atoms with Crippen LogP contribution in [0.25, 0.3) is 0 Å². The lowest BCUT2D eigenvalue weighted by Gasteiger charge is -2.30. The SMILES string of the molecule is CN(Cc1ccccc1F)C(=O)C(C)(C)Oc1ccc(F)cc1. The lowest BCUT2D eigenvalue weighted by atomic mass is 10.1. The summed E-state index contributed by atoms with van der Waals surface area (Å²) in [7, 11) is 1.59. The third kappa shape index (κ3) is 4.28. The highest BCUT2D eigenvalue weighted by molar-refractivity contribution is 5.84. The lowest BCUT2D eigenvalue weighted by Crippen LogP contribution is -2.47. The van der Waals surface area contributed by atoms with Gasteiger partial charge >= 0.3 is 0 Å². The van der Waals surface area contributed by atoms with Crippen LogP contribution in [0.5, 0.6) is 5.75 Å². The van der Waals surface area contributed by atoms with Crippen molar-refractivity contribution in [2.24, 2.45) is 0 Å². The van der Waals surface area contributed by atoms with Crippen LogP contribution < -0.4 is 4.74 Å². The highest BCUT2D eigenvalue weighted by Gasteiger charge is 2.33. The number of carbonyl (C=O) groups is 1. The largest absolute Gasteiger partial charge is 0.478 e. The van der Waals surface area contributed by atoms with Crippen molar-refractivity contribution < 1.29 is 18.3 Å². The zero-order valence-electron chi connectivity index (χ0n) is 13.3. The molecule has 2 aromatic rings. The first-order valence-electron chi connectivity index (χ1n) is 7.23. The zero-order valence-corrected chi connectivity index (χ0v) is 13.3. The normalized spacial score (nSPS) is 11.2. The van der Waals surface area contributed by atoms with Gasteiger partial charge in [0.1, 0.15) is 17.4 Å². The second kappa shape index (κ2) is 6.77. The van der Waals surface area contributed by atoms with Crippen molar-refractivity contribution in [2.45, 2.75) is 26.0 Å². The lowest BCUT2D eigenvalue weighted by molar-refractivity contribution is -0.144. The summed E-state index contributed by atoms with van der Waals surface area (Å²) in [6.45, 7) is 3.38. The number of ether oxygens (including phenoxy) is 1. The summed E-state index contributed by atoms with van der Waals surface area (Å²) in [6.07, 6.45) is 0. The van der Waals surface area contributed by atoms with Crippen molar-refractivity contribution in [1.29, 1.82) is 0 Å². The first-order valence-corrected chi connectivity index (χ1v) is 7.23. The monoisotopic (exact) mass is 319 g/mol. The number of nitrogens with zero attached hydrogens (tertiary/aromatic N) is 1. The minimum absolute atomic E-state index is 0.141. The van der Waals surface area contributed by atoms with Gasteiger partial charge in [0.05, 0.1) is 0 Å². The summed E-state index contributed by atoms with van der Waals surface area (Å²) in [6, 6.07) is 11.8. The van der Waals surface area contributed by atoms with Crippen molar-refractivity contribution in [1.82, 2.24) is 4.90 Å². The Balaban J connectivity index is 2.07. The molecule has 5 heteroatoms. The van der Waals surface area contributed by atoms with E-state index in [1.54, 1.807) is 39.1 Å². The smallest absolute Gasteiger partial charge is 0.266 e. The summed E-state index contributed by atoms with van der Waals surface area (Å²) in [5.74, 6) is -0.642. The van der Waals surface area contributed by atoms with E-state index < -0.39 is 5.60 Å². The van der Waals surface area contributed by atoms with Gasteiger partial charge in [-0.25, -0.2) is 8.78 Å². The van der Waals surface area contributed by atoms with Gasteiger partial charge in [-0.05, 0) is 44.2 Å². The number of rotatable bonds is 5. The quantitative estimate of drug-likeness (QED) is 0.839. The molecule has 0 spiro atoms. The maximum absolute atomic E-state index is 13.7. The summed E-state index contributed by atoms with van der Waals surface area (Å²) < 4.78 is 32.3. The fourth-order valence-corrected chi connectivity index (χ4v) is 2.25. The second-order valence-electron chi connectivity index (χ2n) is 5.82. The van der Waals surface area contributed by atoms with Crippen LogP contribution in [0.1, 0.15) is 19.4 Å². The number of carbonyl (C=O) groups excluding carboxylic acids is 1. The molecule has 1 amide bonds. The molecular formula is C18H19F2NO2. The van der Waals surface area contributed by atoms with Crippen LogP contribution in [-0.2, 0) is 11.3 Å². The molecule has 0 bridgehead atoms. The average molecular weight is 319 g/mol. The number of benzene rings is 2. The molecule has 0 saturated heterocycles. The van der Waals surface area contributed by atoms with Crippen LogP contribution in [0, 0.1) is 11.6 Å². The Hall–Kier alpha value is -2.43. The molecule has 0 unspecified atom stereocenters. The van der Waals surface area contributed by atoms with E-state index in [9.17, 15) is 13.6 Å². The maximum Gasteiger partial charge on any atom is 0.266 e. The van der Waals surface area contributed by atoms with Crippen LogP contribution in [-0.4, -0.2) is 23.5 Å². The average Bonchev–Trinajstić information content (AvgIpc) is 2.51. The van der Waals surface area contributed by atoms with Gasteiger partial charge in [-0.1, -0.05) is 18.2 Å². The molecule has 2 rings (SSSR count). The van der Waals surface area contributed by atoms with E-state index in [4.69, 9.17) is 4.74 Å². The summed E-state index contributed by atoms with van der Waals surface area (Å²) in [5.41, 5.74) is -0.724. The Morgan fingerprint density at radius 1 is 1.09 bits per heavy atom. The Bertz CT molecular complexity index is 684. The van der Waals surface area contributed by atoms with Gasteiger partial charge in [-0.2, -0.15) is 0 Å². The van der Waals surface area contributed by atoms with Crippen LogP contribution in [0.2, 0.25) is 0 Å². The third-order valence-corrected chi connectivity index (χ3v) is 3.41. The number of hydrogen-bond acceptors (Lipinski definition) is 2. The Labute approximate surface area is 134 Å². The van der Waals surface area contributed by atoms with E-state index in [1.807, 2.05) is 0 Å². The molecule has 0 aliphatic carbocycles. The fourth-order valence-electron chi connectivity index (χ4n) is 2.25. The molecular weight excluding hydrogens is 300 g/mol. The predicted octanol–water partition coefficient (Wildman–Crippen LogP) is 3.78. The van der Waals surface area contributed by atoms with Crippen LogP contribution >= 0.6 is 0 Å². The minimum atomic E-state index is -1.15. The van der Waals surface area contributed by atoms with Gasteiger partial charge in [0.15, 0.2) is 5.60 Å². The molecule has 0 atom stereocenters. The van der Waals surface area contributed by atoms with Crippen molar-refractivity contribution in [2.75, 3.05) is 7.05 Å².